The first-order chi connectivity index (χ1) is 10.4. The average Bonchev–Trinajstić information content (AvgIpc) is 2.48. The van der Waals surface area contributed by atoms with Crippen LogP contribution in [0.1, 0.15) is 11.1 Å². The molecule has 122 valence electrons. The summed E-state index contributed by atoms with van der Waals surface area (Å²) in [5, 5.41) is 0. The van der Waals surface area contributed by atoms with Gasteiger partial charge in [0.15, 0.2) is 0 Å². The first kappa shape index (κ1) is 17.1. The molecule has 1 aromatic rings. The van der Waals surface area contributed by atoms with Crippen molar-refractivity contribution in [3.05, 3.63) is 29.3 Å². The normalized spacial score (nSPS) is 17.7. The zero-order chi connectivity index (χ0) is 16.2. The molecule has 0 aromatic heterocycles. The standard InChI is InChI=1S/C14H17ClF3N3O/c15-8-13(19)20-11-2-1-10(12(7-11)14(16,17)18)9-21-3-5-22-6-4-21/h1-2,7H,3-6,8-9H2,(H2,19,20). The van der Waals surface area contributed by atoms with Gasteiger partial charge < -0.3 is 10.5 Å². The highest BCUT2D eigenvalue weighted by Crippen LogP contribution is 2.35. The lowest BCUT2D eigenvalue weighted by molar-refractivity contribution is -0.138. The molecular formula is C14H17ClF3N3O. The van der Waals surface area contributed by atoms with E-state index in [1.807, 2.05) is 4.90 Å². The van der Waals surface area contributed by atoms with Gasteiger partial charge in [0.05, 0.1) is 30.3 Å². The Bertz CT molecular complexity index is 543. The fourth-order valence-corrected chi connectivity index (χ4v) is 2.29. The summed E-state index contributed by atoms with van der Waals surface area (Å²) in [6.45, 7) is 2.55. The first-order valence-corrected chi connectivity index (χ1v) is 7.33. The van der Waals surface area contributed by atoms with Crippen LogP contribution >= 0.6 is 11.6 Å². The summed E-state index contributed by atoms with van der Waals surface area (Å²) in [5.74, 6) is 0.0485. The summed E-state index contributed by atoms with van der Waals surface area (Å²) >= 11 is 5.50. The summed E-state index contributed by atoms with van der Waals surface area (Å²) < 4.78 is 45.0. The molecular weight excluding hydrogens is 319 g/mol. The highest BCUT2D eigenvalue weighted by atomic mass is 35.5. The number of nitrogens with two attached hydrogens (primary N) is 1. The molecule has 0 spiro atoms. The Labute approximate surface area is 131 Å². The molecule has 1 saturated heterocycles. The Hall–Kier alpha value is -1.31. The molecule has 0 radical (unpaired) electrons. The highest BCUT2D eigenvalue weighted by molar-refractivity contribution is 6.28. The van der Waals surface area contributed by atoms with Crippen molar-refractivity contribution in [3.8, 4) is 0 Å². The second-order valence-corrected chi connectivity index (χ2v) is 5.23. The Balaban J connectivity index is 2.28. The number of ether oxygens (including phenoxy) is 1. The fourth-order valence-electron chi connectivity index (χ4n) is 2.23. The maximum absolute atomic E-state index is 13.3. The second kappa shape index (κ2) is 7.30. The van der Waals surface area contributed by atoms with E-state index < -0.39 is 11.7 Å². The minimum absolute atomic E-state index is 0.0309. The van der Waals surface area contributed by atoms with Crippen molar-refractivity contribution in [2.24, 2.45) is 10.7 Å². The van der Waals surface area contributed by atoms with Crippen molar-refractivity contribution in [1.29, 1.82) is 0 Å². The van der Waals surface area contributed by atoms with E-state index in [1.54, 1.807) is 0 Å². The number of hydrogen-bond donors (Lipinski definition) is 1. The lowest BCUT2D eigenvalue weighted by atomic mass is 10.1. The van der Waals surface area contributed by atoms with Gasteiger partial charge in [-0.05, 0) is 17.7 Å². The quantitative estimate of drug-likeness (QED) is 0.523. The maximum Gasteiger partial charge on any atom is 0.416 e. The molecule has 22 heavy (non-hydrogen) atoms. The van der Waals surface area contributed by atoms with Crippen LogP contribution in [0.3, 0.4) is 0 Å². The van der Waals surface area contributed by atoms with Crippen LogP contribution in [-0.4, -0.2) is 42.9 Å². The zero-order valence-electron chi connectivity index (χ0n) is 11.9. The second-order valence-electron chi connectivity index (χ2n) is 4.96. The number of hydrogen-bond acceptors (Lipinski definition) is 3. The van der Waals surface area contributed by atoms with Gasteiger partial charge in [0.1, 0.15) is 5.84 Å². The first-order valence-electron chi connectivity index (χ1n) is 6.79. The molecule has 1 aromatic carbocycles. The van der Waals surface area contributed by atoms with Crippen LogP contribution in [0.5, 0.6) is 0 Å². The number of morpholine rings is 1. The van der Waals surface area contributed by atoms with Crippen molar-refractivity contribution in [1.82, 2.24) is 4.90 Å². The largest absolute Gasteiger partial charge is 0.416 e. The molecule has 0 saturated carbocycles. The molecule has 2 rings (SSSR count). The lowest BCUT2D eigenvalue weighted by Gasteiger charge is -2.27. The number of alkyl halides is 4. The van der Waals surface area contributed by atoms with Crippen LogP contribution < -0.4 is 5.73 Å². The van der Waals surface area contributed by atoms with Gasteiger partial charge in [-0.1, -0.05) is 6.07 Å². The van der Waals surface area contributed by atoms with Crippen LogP contribution in [0.2, 0.25) is 0 Å². The van der Waals surface area contributed by atoms with Crippen LogP contribution in [0.25, 0.3) is 0 Å². The molecule has 1 heterocycles. The predicted molar refractivity (Wildman–Crippen MR) is 79.5 cm³/mol. The van der Waals surface area contributed by atoms with E-state index in [4.69, 9.17) is 22.1 Å². The summed E-state index contributed by atoms with van der Waals surface area (Å²) in [4.78, 5) is 5.80. The Morgan fingerprint density at radius 3 is 2.59 bits per heavy atom. The molecule has 4 nitrogen and oxygen atoms in total. The van der Waals surface area contributed by atoms with Crippen LogP contribution in [0.15, 0.2) is 23.2 Å². The predicted octanol–water partition coefficient (Wildman–Crippen LogP) is 2.77. The lowest BCUT2D eigenvalue weighted by Crippen LogP contribution is -2.36. The van der Waals surface area contributed by atoms with Gasteiger partial charge in [-0.15, -0.1) is 11.6 Å². The summed E-state index contributed by atoms with van der Waals surface area (Å²) in [6.07, 6.45) is -4.44. The van der Waals surface area contributed by atoms with Gasteiger partial charge in [-0.25, -0.2) is 4.99 Å². The van der Waals surface area contributed by atoms with E-state index in [9.17, 15) is 13.2 Å². The molecule has 0 unspecified atom stereocenters. The van der Waals surface area contributed by atoms with Crippen molar-refractivity contribution in [2.45, 2.75) is 12.7 Å². The number of aliphatic imine (C=N–C) groups is 1. The fraction of sp³-hybridized carbons (Fsp3) is 0.500. The molecule has 0 amide bonds. The summed E-state index contributed by atoms with van der Waals surface area (Å²) in [6, 6.07) is 3.97. The number of nitrogens with zero attached hydrogens (tertiary/aromatic N) is 2. The van der Waals surface area contributed by atoms with Gasteiger partial charge in [0.2, 0.25) is 0 Å². The monoisotopic (exact) mass is 335 g/mol. The Morgan fingerprint density at radius 1 is 1.32 bits per heavy atom. The third-order valence-corrected chi connectivity index (χ3v) is 3.58. The Morgan fingerprint density at radius 2 is 2.00 bits per heavy atom. The molecule has 2 N–H and O–H groups in total. The number of halogens is 4. The molecule has 0 aliphatic carbocycles. The average molecular weight is 336 g/mol. The molecule has 1 fully saturated rings. The van der Waals surface area contributed by atoms with Gasteiger partial charge in [-0.2, -0.15) is 13.2 Å². The third-order valence-electron chi connectivity index (χ3n) is 3.31. The van der Waals surface area contributed by atoms with E-state index >= 15 is 0 Å². The minimum atomic E-state index is -4.44. The maximum atomic E-state index is 13.3. The van der Waals surface area contributed by atoms with Gasteiger partial charge >= 0.3 is 6.18 Å². The van der Waals surface area contributed by atoms with Crippen LogP contribution in [-0.2, 0) is 17.5 Å². The van der Waals surface area contributed by atoms with Crippen LogP contribution in [0.4, 0.5) is 18.9 Å². The smallest absolute Gasteiger partial charge is 0.386 e. The van der Waals surface area contributed by atoms with Crippen molar-refractivity contribution in [2.75, 3.05) is 32.2 Å². The molecule has 0 bridgehead atoms. The summed E-state index contributed by atoms with van der Waals surface area (Å²) in [5.41, 5.74) is 5.14. The van der Waals surface area contributed by atoms with E-state index in [-0.39, 0.29) is 29.5 Å². The van der Waals surface area contributed by atoms with Crippen molar-refractivity contribution >= 4 is 23.1 Å². The third kappa shape index (κ3) is 4.59. The van der Waals surface area contributed by atoms with Gasteiger partial charge in [0.25, 0.3) is 0 Å². The van der Waals surface area contributed by atoms with Crippen molar-refractivity contribution in [3.63, 3.8) is 0 Å². The number of benzene rings is 1. The van der Waals surface area contributed by atoms with Gasteiger partial charge in [-0.3, -0.25) is 4.90 Å². The molecule has 1 aliphatic heterocycles. The number of amidine groups is 1. The van der Waals surface area contributed by atoms with E-state index in [0.717, 1.165) is 6.07 Å². The molecule has 8 heteroatoms. The summed E-state index contributed by atoms with van der Waals surface area (Å²) in [7, 11) is 0. The van der Waals surface area contributed by atoms with Crippen molar-refractivity contribution < 1.29 is 17.9 Å². The van der Waals surface area contributed by atoms with E-state index in [2.05, 4.69) is 4.99 Å². The van der Waals surface area contributed by atoms with E-state index in [1.165, 1.54) is 12.1 Å². The highest BCUT2D eigenvalue weighted by Gasteiger charge is 2.34. The van der Waals surface area contributed by atoms with Crippen LogP contribution in [0, 0.1) is 0 Å². The molecule has 0 atom stereocenters. The minimum Gasteiger partial charge on any atom is -0.386 e. The number of rotatable bonds is 4. The molecule has 1 aliphatic rings. The SMILES string of the molecule is NC(CCl)=Nc1ccc(CN2CCOCC2)c(C(F)(F)F)c1. The zero-order valence-corrected chi connectivity index (χ0v) is 12.6. The van der Waals surface area contributed by atoms with Gasteiger partial charge in [0, 0.05) is 19.6 Å². The van der Waals surface area contributed by atoms with E-state index in [0.29, 0.717) is 26.3 Å². The Kier molecular flexibility index (Phi) is 5.66. The topological polar surface area (TPSA) is 50.8 Å².